The third-order valence-electron chi connectivity index (χ3n) is 2.28. The fourth-order valence-electron chi connectivity index (χ4n) is 1.58. The van der Waals surface area contributed by atoms with Crippen LogP contribution in [0.25, 0.3) is 16.4 Å². The Morgan fingerprint density at radius 3 is 3.00 bits per heavy atom. The lowest BCUT2D eigenvalue weighted by Gasteiger charge is -2.00. The Balaban J connectivity index is 2.65. The van der Waals surface area contributed by atoms with Crippen LogP contribution in [-0.4, -0.2) is 19.8 Å². The van der Waals surface area contributed by atoms with Gasteiger partial charge in [-0.2, -0.15) is 9.61 Å². The molecule has 3 aromatic rings. The zero-order valence-electron chi connectivity index (χ0n) is 7.74. The molecular weight excluding hydrogens is 235 g/mol. The number of hydrogen-bond acceptors (Lipinski definition) is 3. The minimum absolute atomic E-state index is 0.0606. The van der Waals surface area contributed by atoms with Crippen LogP contribution in [0.2, 0.25) is 5.15 Å². The summed E-state index contributed by atoms with van der Waals surface area (Å²) in [5, 5.41) is 10.9. The first-order valence-corrected chi connectivity index (χ1v) is 4.77. The van der Waals surface area contributed by atoms with E-state index in [0.717, 1.165) is 4.52 Å². The molecule has 3 rings (SSSR count). The molecule has 0 radical (unpaired) electrons. The van der Waals surface area contributed by atoms with Crippen LogP contribution >= 0.6 is 11.6 Å². The predicted octanol–water partition coefficient (Wildman–Crippen LogP) is 1.36. The van der Waals surface area contributed by atoms with Gasteiger partial charge in [0, 0.05) is 10.8 Å². The van der Waals surface area contributed by atoms with Gasteiger partial charge in [-0.3, -0.25) is 0 Å². The van der Waals surface area contributed by atoms with Crippen LogP contribution in [0.4, 0.5) is 4.39 Å². The van der Waals surface area contributed by atoms with E-state index in [-0.39, 0.29) is 5.15 Å². The van der Waals surface area contributed by atoms with Crippen molar-refractivity contribution in [3.63, 3.8) is 0 Å². The van der Waals surface area contributed by atoms with Crippen molar-refractivity contribution in [2.75, 3.05) is 0 Å². The fourth-order valence-corrected chi connectivity index (χ4v) is 1.81. The second-order valence-corrected chi connectivity index (χ2v) is 3.60. The van der Waals surface area contributed by atoms with E-state index in [1.807, 2.05) is 0 Å². The van der Waals surface area contributed by atoms with Gasteiger partial charge in [0.25, 0.3) is 0 Å². The minimum atomic E-state index is -0.483. The molecule has 0 saturated heterocycles. The van der Waals surface area contributed by atoms with E-state index in [1.54, 1.807) is 0 Å². The van der Waals surface area contributed by atoms with Gasteiger partial charge in [0.15, 0.2) is 10.8 Å². The molecule has 80 valence electrons. The highest BCUT2D eigenvalue weighted by atomic mass is 35.5. The zero-order valence-corrected chi connectivity index (χ0v) is 8.49. The van der Waals surface area contributed by atoms with E-state index in [0.29, 0.717) is 16.4 Å². The lowest BCUT2D eigenvalue weighted by molar-refractivity contribution is 0.629. The van der Waals surface area contributed by atoms with Crippen molar-refractivity contribution in [3.8, 4) is 0 Å². The first-order chi connectivity index (χ1) is 7.66. The predicted molar refractivity (Wildman–Crippen MR) is 56.1 cm³/mol. The quantitative estimate of drug-likeness (QED) is 0.643. The van der Waals surface area contributed by atoms with Crippen LogP contribution in [0.5, 0.6) is 0 Å². The van der Waals surface area contributed by atoms with Gasteiger partial charge in [0.1, 0.15) is 5.82 Å². The summed E-state index contributed by atoms with van der Waals surface area (Å²) in [4.78, 5) is 11.3. The maximum atomic E-state index is 13.0. The molecule has 1 N–H and O–H groups in total. The van der Waals surface area contributed by atoms with Gasteiger partial charge in [0.2, 0.25) is 0 Å². The number of aromatic amines is 1. The SMILES string of the molecule is O=c1[nH]nc2c3ccc(F)cc3c(Cl)nn12. The minimum Gasteiger partial charge on any atom is -0.244 e. The number of rotatable bonds is 0. The molecule has 0 spiro atoms. The van der Waals surface area contributed by atoms with Gasteiger partial charge < -0.3 is 0 Å². The topological polar surface area (TPSA) is 63.0 Å². The Labute approximate surface area is 92.5 Å². The Kier molecular flexibility index (Phi) is 1.75. The Hall–Kier alpha value is -1.95. The van der Waals surface area contributed by atoms with Crippen molar-refractivity contribution < 1.29 is 4.39 Å². The maximum absolute atomic E-state index is 13.0. The highest BCUT2D eigenvalue weighted by Gasteiger charge is 2.10. The van der Waals surface area contributed by atoms with Crippen molar-refractivity contribution in [2.24, 2.45) is 0 Å². The van der Waals surface area contributed by atoms with Gasteiger partial charge >= 0.3 is 5.69 Å². The van der Waals surface area contributed by atoms with Crippen molar-refractivity contribution in [2.45, 2.75) is 0 Å². The summed E-state index contributed by atoms with van der Waals surface area (Å²) < 4.78 is 14.1. The molecule has 2 heterocycles. The number of halogens is 2. The summed E-state index contributed by atoms with van der Waals surface area (Å²) in [6.07, 6.45) is 0. The van der Waals surface area contributed by atoms with Gasteiger partial charge in [-0.25, -0.2) is 14.3 Å². The van der Waals surface area contributed by atoms with E-state index in [1.165, 1.54) is 18.2 Å². The Morgan fingerprint density at radius 2 is 2.19 bits per heavy atom. The monoisotopic (exact) mass is 238 g/mol. The van der Waals surface area contributed by atoms with Crippen LogP contribution in [0.3, 0.4) is 0 Å². The van der Waals surface area contributed by atoms with Gasteiger partial charge in [-0.1, -0.05) is 11.6 Å². The summed E-state index contributed by atoms with van der Waals surface area (Å²) in [6, 6.07) is 4.04. The fraction of sp³-hybridized carbons (Fsp3) is 0. The van der Waals surface area contributed by atoms with Crippen LogP contribution in [-0.2, 0) is 0 Å². The Morgan fingerprint density at radius 1 is 1.38 bits per heavy atom. The molecule has 1 aromatic carbocycles. The van der Waals surface area contributed by atoms with Gasteiger partial charge in [-0.15, -0.1) is 5.10 Å². The number of hydrogen-bond donors (Lipinski definition) is 1. The number of aromatic nitrogens is 4. The standard InChI is InChI=1S/C9H4ClFN4O/c10-7-6-3-4(11)1-2-5(6)8-12-13-9(16)15(8)14-7/h1-3H,(H,13,16). The molecule has 0 bridgehead atoms. The molecule has 0 aliphatic rings. The number of H-pyrrole nitrogens is 1. The molecule has 0 unspecified atom stereocenters. The first kappa shape index (κ1) is 9.29. The average molecular weight is 239 g/mol. The summed E-state index contributed by atoms with van der Waals surface area (Å²) in [6.45, 7) is 0. The largest absolute Gasteiger partial charge is 0.364 e. The van der Waals surface area contributed by atoms with Crippen molar-refractivity contribution >= 4 is 28.0 Å². The van der Waals surface area contributed by atoms with Gasteiger partial charge in [-0.05, 0) is 18.2 Å². The van der Waals surface area contributed by atoms with E-state index in [9.17, 15) is 9.18 Å². The first-order valence-electron chi connectivity index (χ1n) is 4.39. The smallest absolute Gasteiger partial charge is 0.244 e. The summed E-state index contributed by atoms with van der Waals surface area (Å²) >= 11 is 5.86. The highest BCUT2D eigenvalue weighted by Crippen LogP contribution is 2.23. The van der Waals surface area contributed by atoms with Crippen LogP contribution in [0.15, 0.2) is 23.0 Å². The number of nitrogens with zero attached hydrogens (tertiary/aromatic N) is 3. The number of nitrogens with one attached hydrogen (secondary N) is 1. The lowest BCUT2D eigenvalue weighted by Crippen LogP contribution is -2.12. The van der Waals surface area contributed by atoms with E-state index in [4.69, 9.17) is 11.6 Å². The molecule has 0 saturated carbocycles. The third kappa shape index (κ3) is 1.13. The molecule has 2 aromatic heterocycles. The number of benzene rings is 1. The normalized spacial score (nSPS) is 11.4. The van der Waals surface area contributed by atoms with Crippen LogP contribution in [0, 0.1) is 5.82 Å². The third-order valence-corrected chi connectivity index (χ3v) is 2.56. The van der Waals surface area contributed by atoms with Crippen LogP contribution < -0.4 is 5.69 Å². The molecule has 0 amide bonds. The molecular formula is C9H4ClFN4O. The average Bonchev–Trinajstić information content (AvgIpc) is 2.61. The molecule has 0 aliphatic carbocycles. The van der Waals surface area contributed by atoms with Crippen molar-refractivity contribution in [1.29, 1.82) is 0 Å². The Bertz CT molecular complexity index is 763. The maximum Gasteiger partial charge on any atom is 0.364 e. The second-order valence-electron chi connectivity index (χ2n) is 3.24. The molecule has 16 heavy (non-hydrogen) atoms. The summed E-state index contributed by atoms with van der Waals surface area (Å²) in [7, 11) is 0. The molecule has 5 nitrogen and oxygen atoms in total. The summed E-state index contributed by atoms with van der Waals surface area (Å²) in [5.41, 5.74) is -0.160. The van der Waals surface area contributed by atoms with Crippen molar-refractivity contribution in [3.05, 3.63) is 39.7 Å². The molecule has 0 fully saturated rings. The van der Waals surface area contributed by atoms with E-state index >= 15 is 0 Å². The van der Waals surface area contributed by atoms with Crippen LogP contribution in [0.1, 0.15) is 0 Å². The van der Waals surface area contributed by atoms with E-state index < -0.39 is 11.5 Å². The van der Waals surface area contributed by atoms with Gasteiger partial charge in [0.05, 0.1) is 0 Å². The highest BCUT2D eigenvalue weighted by molar-refractivity contribution is 6.34. The zero-order chi connectivity index (χ0) is 11.3. The molecule has 0 aliphatic heterocycles. The molecule has 0 atom stereocenters. The van der Waals surface area contributed by atoms with Crippen molar-refractivity contribution in [1.82, 2.24) is 19.8 Å². The van der Waals surface area contributed by atoms with E-state index in [2.05, 4.69) is 15.3 Å². The molecule has 7 heteroatoms. The number of fused-ring (bicyclic) bond motifs is 3. The second kappa shape index (κ2) is 3.02. The summed E-state index contributed by atoms with van der Waals surface area (Å²) in [5.74, 6) is -0.418. The lowest BCUT2D eigenvalue weighted by atomic mass is 10.2.